The number of nitrogens with one attached hydrogen (secondary N) is 1. The molecule has 1 aliphatic carbocycles. The third-order valence-corrected chi connectivity index (χ3v) is 12.1. The smallest absolute Gasteiger partial charge is 0.153 e. The van der Waals surface area contributed by atoms with Gasteiger partial charge in [0.15, 0.2) is 6.29 Å². The Morgan fingerprint density at radius 2 is 1.75 bits per heavy atom. The Labute approximate surface area is 308 Å². The quantitative estimate of drug-likeness (QED) is 0.147. The number of nitrogens with zero attached hydrogens (tertiary/aromatic N) is 5. The minimum absolute atomic E-state index is 0.402. The zero-order chi connectivity index (χ0) is 35.8. The monoisotopic (exact) mass is 696 g/mol. The zero-order valence-electron chi connectivity index (χ0n) is 31.1. The van der Waals surface area contributed by atoms with E-state index in [2.05, 4.69) is 112 Å². The van der Waals surface area contributed by atoms with Crippen LogP contribution >= 0.6 is 0 Å². The van der Waals surface area contributed by atoms with Crippen molar-refractivity contribution in [2.24, 2.45) is 5.41 Å². The van der Waals surface area contributed by atoms with Crippen molar-refractivity contribution in [3.8, 4) is 11.5 Å². The van der Waals surface area contributed by atoms with E-state index in [-0.39, 0.29) is 0 Å². The molecule has 2 aromatic heterocycles. The second-order valence-corrected chi connectivity index (χ2v) is 15.9. The molecule has 5 aromatic rings. The Kier molecular flexibility index (Phi) is 9.53. The number of pyridine rings is 1. The van der Waals surface area contributed by atoms with Crippen LogP contribution in [0, 0.1) is 5.41 Å². The summed E-state index contributed by atoms with van der Waals surface area (Å²) >= 11 is 0. The first-order valence-electron chi connectivity index (χ1n) is 19.1. The number of anilines is 2. The first-order valence-corrected chi connectivity index (χ1v) is 19.1. The van der Waals surface area contributed by atoms with E-state index in [1.807, 2.05) is 30.5 Å². The largest absolute Gasteiger partial charge is 0.455 e. The fourth-order valence-corrected chi connectivity index (χ4v) is 9.04. The maximum Gasteiger partial charge on any atom is 0.153 e. The first kappa shape index (κ1) is 34.4. The molecular weight excluding hydrogens is 645 g/mol. The third-order valence-electron chi connectivity index (χ3n) is 12.1. The maximum atomic E-state index is 11.9. The highest BCUT2D eigenvalue weighted by molar-refractivity contribution is 5.81. The van der Waals surface area contributed by atoms with Crippen molar-refractivity contribution in [3.63, 3.8) is 0 Å². The summed E-state index contributed by atoms with van der Waals surface area (Å²) in [6, 6.07) is 29.2. The van der Waals surface area contributed by atoms with Crippen LogP contribution in [-0.4, -0.2) is 78.9 Å². The van der Waals surface area contributed by atoms with Crippen molar-refractivity contribution in [3.05, 3.63) is 114 Å². The van der Waals surface area contributed by atoms with Crippen molar-refractivity contribution < 1.29 is 9.53 Å². The molecule has 2 aliphatic heterocycles. The summed E-state index contributed by atoms with van der Waals surface area (Å²) < 4.78 is 6.24. The van der Waals surface area contributed by atoms with Gasteiger partial charge in [-0.25, -0.2) is 4.98 Å². The number of hydrogen-bond donors (Lipinski definition) is 1. The van der Waals surface area contributed by atoms with Crippen molar-refractivity contribution in [1.82, 2.24) is 19.8 Å². The van der Waals surface area contributed by atoms with E-state index in [9.17, 15) is 4.79 Å². The minimum atomic E-state index is 0.402. The number of aldehydes is 1. The molecule has 52 heavy (non-hydrogen) atoms. The molecule has 3 fully saturated rings. The van der Waals surface area contributed by atoms with Crippen LogP contribution < -0.4 is 14.5 Å². The molecule has 1 N–H and O–H groups in total. The van der Waals surface area contributed by atoms with Crippen molar-refractivity contribution >= 4 is 28.7 Å². The molecule has 1 unspecified atom stereocenters. The second-order valence-electron chi connectivity index (χ2n) is 15.9. The molecule has 3 aromatic carbocycles. The number of fused-ring (bicyclic) bond motifs is 1. The predicted molar refractivity (Wildman–Crippen MR) is 211 cm³/mol. The van der Waals surface area contributed by atoms with Gasteiger partial charge >= 0.3 is 0 Å². The van der Waals surface area contributed by atoms with Crippen LogP contribution in [0.4, 0.5) is 11.4 Å². The molecular formula is C44H52N6O2. The molecule has 2 saturated heterocycles. The predicted octanol–water partition coefficient (Wildman–Crippen LogP) is 8.67. The van der Waals surface area contributed by atoms with Gasteiger partial charge in [-0.3, -0.25) is 14.6 Å². The normalized spacial score (nSPS) is 19.6. The third kappa shape index (κ3) is 6.94. The molecule has 0 radical (unpaired) electrons. The molecule has 1 saturated carbocycles. The van der Waals surface area contributed by atoms with Gasteiger partial charge in [-0.15, -0.1) is 0 Å². The molecule has 0 bridgehead atoms. The average Bonchev–Trinajstić information content (AvgIpc) is 3.62. The van der Waals surface area contributed by atoms with Gasteiger partial charge in [0.1, 0.15) is 17.1 Å². The summed E-state index contributed by atoms with van der Waals surface area (Å²) in [6.07, 6.45) is 9.38. The number of carbonyl (C=O) groups excluding carboxylic acids is 1. The van der Waals surface area contributed by atoms with Crippen molar-refractivity contribution in [2.75, 3.05) is 56.6 Å². The molecule has 1 spiro atoms. The number of carbonyl (C=O) groups is 1. The van der Waals surface area contributed by atoms with Gasteiger partial charge in [-0.05, 0) is 90.1 Å². The SMILES string of the molecule is CC(C)c1ccccc1C1CN(Cc2ccc(N(C)C)cc2)CCN1C1CC2(CCN(c3ccc(C=O)c(Oc4cnc5[nH]ccc5c4)c3)CC2)C1. The Hall–Kier alpha value is -4.66. The number of hydrogen-bond acceptors (Lipinski definition) is 7. The van der Waals surface area contributed by atoms with Crippen LogP contribution in [0.2, 0.25) is 0 Å². The van der Waals surface area contributed by atoms with E-state index in [0.29, 0.717) is 40.5 Å². The van der Waals surface area contributed by atoms with Crippen LogP contribution in [0.15, 0.2) is 91.3 Å². The van der Waals surface area contributed by atoms with Gasteiger partial charge in [0, 0.05) is 94.5 Å². The van der Waals surface area contributed by atoms with Crippen LogP contribution in [0.5, 0.6) is 11.5 Å². The van der Waals surface area contributed by atoms with E-state index < -0.39 is 0 Å². The highest BCUT2D eigenvalue weighted by atomic mass is 16.5. The summed E-state index contributed by atoms with van der Waals surface area (Å²) in [7, 11) is 4.20. The number of rotatable bonds is 10. The summed E-state index contributed by atoms with van der Waals surface area (Å²) in [5.74, 6) is 1.69. The van der Waals surface area contributed by atoms with Gasteiger partial charge in [-0.2, -0.15) is 0 Å². The molecule has 8 heteroatoms. The molecule has 1 atom stereocenters. The molecule has 3 aliphatic rings. The Morgan fingerprint density at radius 1 is 0.962 bits per heavy atom. The number of aromatic amines is 1. The topological polar surface area (TPSA) is 67.9 Å². The molecule has 8 rings (SSSR count). The lowest BCUT2D eigenvalue weighted by Gasteiger charge is -2.58. The Bertz CT molecular complexity index is 2000. The van der Waals surface area contributed by atoms with Crippen LogP contribution in [0.1, 0.15) is 78.5 Å². The van der Waals surface area contributed by atoms with Crippen LogP contribution in [0.3, 0.4) is 0 Å². The highest BCUT2D eigenvalue weighted by Crippen LogP contribution is 2.53. The van der Waals surface area contributed by atoms with Gasteiger partial charge in [0.05, 0.1) is 11.8 Å². The number of piperidine rings is 1. The number of ether oxygens (including phenoxy) is 1. The molecule has 0 amide bonds. The summed E-state index contributed by atoms with van der Waals surface area (Å²) in [6.45, 7) is 11.0. The fraction of sp³-hybridized carbons (Fsp3) is 0.409. The summed E-state index contributed by atoms with van der Waals surface area (Å²) in [4.78, 5) is 29.7. The maximum absolute atomic E-state index is 11.9. The van der Waals surface area contributed by atoms with Crippen molar-refractivity contribution in [1.29, 1.82) is 0 Å². The summed E-state index contributed by atoms with van der Waals surface area (Å²) in [5.41, 5.74) is 8.52. The number of aromatic nitrogens is 2. The van der Waals surface area contributed by atoms with E-state index >= 15 is 0 Å². The lowest BCUT2D eigenvalue weighted by molar-refractivity contribution is -0.0628. The highest BCUT2D eigenvalue weighted by Gasteiger charge is 2.50. The standard InChI is InChI=1S/C44H52N6O2/c1-31(2)39-7-5-6-8-40(39)41-29-48(28-32-9-12-35(13-10-32)47(3)4)21-22-50(41)37-25-44(26-37)16-19-49(20-17-44)36-14-11-34(30-51)42(24-36)52-38-23-33-15-18-45-43(33)46-27-38/h5-15,18,23-24,27,30-31,37,41H,16-17,19-22,25-26,28-29H2,1-4H3,(H,45,46). The molecule has 270 valence electrons. The lowest BCUT2D eigenvalue weighted by Crippen LogP contribution is -2.60. The number of H-pyrrole nitrogens is 1. The van der Waals surface area contributed by atoms with Gasteiger partial charge in [-0.1, -0.05) is 50.2 Å². The van der Waals surface area contributed by atoms with Crippen LogP contribution in [0.25, 0.3) is 11.0 Å². The van der Waals surface area contributed by atoms with E-state index in [1.165, 1.54) is 48.1 Å². The van der Waals surface area contributed by atoms with Crippen LogP contribution in [-0.2, 0) is 6.54 Å². The minimum Gasteiger partial charge on any atom is -0.455 e. The number of benzene rings is 3. The Balaban J connectivity index is 0.936. The lowest BCUT2D eigenvalue weighted by atomic mass is 9.59. The average molecular weight is 697 g/mol. The van der Waals surface area contributed by atoms with Gasteiger partial charge in [0.2, 0.25) is 0 Å². The van der Waals surface area contributed by atoms with E-state index in [4.69, 9.17) is 4.74 Å². The van der Waals surface area contributed by atoms with E-state index in [0.717, 1.165) is 62.3 Å². The number of piperazine rings is 1. The van der Waals surface area contributed by atoms with E-state index in [1.54, 1.807) is 6.20 Å². The van der Waals surface area contributed by atoms with Crippen molar-refractivity contribution in [2.45, 2.75) is 64.1 Å². The van der Waals surface area contributed by atoms with Gasteiger partial charge in [0.25, 0.3) is 0 Å². The molecule has 4 heterocycles. The summed E-state index contributed by atoms with van der Waals surface area (Å²) in [5, 5.41) is 0.977. The Morgan fingerprint density at radius 3 is 2.50 bits per heavy atom. The second kappa shape index (κ2) is 14.4. The molecule has 8 nitrogen and oxygen atoms in total. The fourth-order valence-electron chi connectivity index (χ4n) is 9.04. The van der Waals surface area contributed by atoms with Gasteiger partial charge < -0.3 is 19.5 Å². The zero-order valence-corrected chi connectivity index (χ0v) is 31.1. The first-order chi connectivity index (χ1) is 25.3.